The Balaban J connectivity index is 2.00. The van der Waals surface area contributed by atoms with E-state index in [4.69, 9.17) is 4.74 Å². The van der Waals surface area contributed by atoms with Gasteiger partial charge in [-0.3, -0.25) is 0 Å². The maximum atomic E-state index is 13.7. The zero-order valence-corrected chi connectivity index (χ0v) is 10.9. The van der Waals surface area contributed by atoms with Gasteiger partial charge in [-0.15, -0.1) is 0 Å². The van der Waals surface area contributed by atoms with Gasteiger partial charge in [0.2, 0.25) is 0 Å². The summed E-state index contributed by atoms with van der Waals surface area (Å²) in [6.45, 7) is 1.95. The van der Waals surface area contributed by atoms with Gasteiger partial charge in [-0.25, -0.2) is 8.78 Å². The van der Waals surface area contributed by atoms with Crippen molar-refractivity contribution < 1.29 is 18.6 Å². The number of aliphatic hydroxyl groups is 1. The van der Waals surface area contributed by atoms with Crippen molar-refractivity contribution in [2.24, 2.45) is 0 Å². The lowest BCUT2D eigenvalue weighted by atomic mass is 9.97. The Bertz CT molecular complexity index is 635. The van der Waals surface area contributed by atoms with Gasteiger partial charge >= 0.3 is 0 Å². The van der Waals surface area contributed by atoms with Crippen molar-refractivity contribution in [2.45, 2.75) is 25.6 Å². The third-order valence-electron chi connectivity index (χ3n) is 3.51. The summed E-state index contributed by atoms with van der Waals surface area (Å²) in [6.07, 6.45) is -0.504. The fourth-order valence-corrected chi connectivity index (χ4v) is 2.55. The third kappa shape index (κ3) is 2.16. The van der Waals surface area contributed by atoms with E-state index < -0.39 is 17.7 Å². The molecule has 0 aromatic heterocycles. The Morgan fingerprint density at radius 3 is 2.60 bits per heavy atom. The number of fused-ring (bicyclic) bond motifs is 1. The second kappa shape index (κ2) is 4.87. The summed E-state index contributed by atoms with van der Waals surface area (Å²) < 4.78 is 33.0. The molecule has 0 saturated carbocycles. The van der Waals surface area contributed by atoms with Crippen LogP contribution in [0.1, 0.15) is 29.7 Å². The van der Waals surface area contributed by atoms with Gasteiger partial charge in [-0.1, -0.05) is 12.1 Å². The first kappa shape index (κ1) is 13.1. The number of ether oxygens (including phenoxy) is 1. The number of rotatable bonds is 2. The molecule has 0 fully saturated rings. The van der Waals surface area contributed by atoms with Crippen LogP contribution in [0.4, 0.5) is 8.78 Å². The molecule has 20 heavy (non-hydrogen) atoms. The molecule has 0 amide bonds. The second-order valence-corrected chi connectivity index (χ2v) is 5.04. The first-order valence-corrected chi connectivity index (χ1v) is 6.47. The average Bonchev–Trinajstić information content (AvgIpc) is 2.77. The van der Waals surface area contributed by atoms with E-state index in [-0.39, 0.29) is 11.7 Å². The van der Waals surface area contributed by atoms with Gasteiger partial charge in [0.25, 0.3) is 0 Å². The van der Waals surface area contributed by atoms with E-state index in [1.165, 1.54) is 6.07 Å². The van der Waals surface area contributed by atoms with Crippen molar-refractivity contribution in [1.29, 1.82) is 0 Å². The van der Waals surface area contributed by atoms with Crippen LogP contribution in [-0.4, -0.2) is 11.2 Å². The van der Waals surface area contributed by atoms with Crippen LogP contribution in [0, 0.1) is 11.6 Å². The first-order chi connectivity index (χ1) is 9.56. The first-order valence-electron chi connectivity index (χ1n) is 6.47. The van der Waals surface area contributed by atoms with E-state index in [0.717, 1.165) is 29.9 Å². The molecular weight excluding hydrogens is 262 g/mol. The lowest BCUT2D eigenvalue weighted by molar-refractivity contribution is 0.209. The van der Waals surface area contributed by atoms with Crippen LogP contribution in [0.25, 0.3) is 0 Å². The van der Waals surface area contributed by atoms with Crippen LogP contribution in [0.3, 0.4) is 0 Å². The highest BCUT2D eigenvalue weighted by Gasteiger charge is 2.23. The Kier molecular flexibility index (Phi) is 3.18. The molecule has 0 aliphatic carbocycles. The summed E-state index contributed by atoms with van der Waals surface area (Å²) >= 11 is 0. The van der Waals surface area contributed by atoms with E-state index in [9.17, 15) is 13.9 Å². The molecule has 3 rings (SSSR count). The van der Waals surface area contributed by atoms with Crippen LogP contribution in [0.5, 0.6) is 5.75 Å². The van der Waals surface area contributed by atoms with E-state index in [1.807, 2.05) is 6.92 Å². The van der Waals surface area contributed by atoms with E-state index in [2.05, 4.69) is 0 Å². The summed E-state index contributed by atoms with van der Waals surface area (Å²) in [7, 11) is 0. The van der Waals surface area contributed by atoms with Crippen molar-refractivity contribution >= 4 is 0 Å². The molecule has 1 aliphatic rings. The number of aliphatic hydroxyl groups excluding tert-OH is 1. The number of hydrogen-bond acceptors (Lipinski definition) is 2. The van der Waals surface area contributed by atoms with Gasteiger partial charge in [0.1, 0.15) is 29.6 Å². The predicted octanol–water partition coefficient (Wildman–Crippen LogP) is 3.37. The molecule has 1 aliphatic heterocycles. The smallest absolute Gasteiger partial charge is 0.132 e. The highest BCUT2D eigenvalue weighted by atomic mass is 19.1. The van der Waals surface area contributed by atoms with Crippen molar-refractivity contribution in [3.8, 4) is 5.75 Å². The Hall–Kier alpha value is -1.94. The molecule has 0 spiro atoms. The molecule has 1 heterocycles. The molecule has 1 N–H and O–H groups in total. The third-order valence-corrected chi connectivity index (χ3v) is 3.51. The van der Waals surface area contributed by atoms with Crippen LogP contribution in [0.2, 0.25) is 0 Å². The zero-order chi connectivity index (χ0) is 14.3. The summed E-state index contributed by atoms with van der Waals surface area (Å²) in [5.74, 6) is -0.729. The molecule has 104 valence electrons. The highest BCUT2D eigenvalue weighted by molar-refractivity contribution is 5.43. The van der Waals surface area contributed by atoms with Gasteiger partial charge < -0.3 is 9.84 Å². The lowest BCUT2D eigenvalue weighted by Gasteiger charge is -2.14. The van der Waals surface area contributed by atoms with Gasteiger partial charge in [-0.05, 0) is 42.3 Å². The Morgan fingerprint density at radius 2 is 1.90 bits per heavy atom. The van der Waals surface area contributed by atoms with Gasteiger partial charge in [-0.2, -0.15) is 0 Å². The molecule has 4 heteroatoms. The minimum absolute atomic E-state index is 0.0857. The van der Waals surface area contributed by atoms with Crippen molar-refractivity contribution in [1.82, 2.24) is 0 Å². The lowest BCUT2D eigenvalue weighted by Crippen LogP contribution is -2.06. The minimum Gasteiger partial charge on any atom is -0.490 e. The molecule has 2 atom stereocenters. The van der Waals surface area contributed by atoms with E-state index >= 15 is 0 Å². The molecular formula is C16H14F2O2. The topological polar surface area (TPSA) is 29.5 Å². The van der Waals surface area contributed by atoms with E-state index in [1.54, 1.807) is 18.2 Å². The van der Waals surface area contributed by atoms with Crippen LogP contribution in [-0.2, 0) is 6.42 Å². The monoisotopic (exact) mass is 276 g/mol. The fraction of sp³-hybridized carbons (Fsp3) is 0.250. The van der Waals surface area contributed by atoms with Crippen molar-refractivity contribution in [3.63, 3.8) is 0 Å². The van der Waals surface area contributed by atoms with Gasteiger partial charge in [0.15, 0.2) is 0 Å². The van der Waals surface area contributed by atoms with Crippen LogP contribution >= 0.6 is 0 Å². The Morgan fingerprint density at radius 1 is 1.20 bits per heavy atom. The quantitative estimate of drug-likeness (QED) is 0.911. The fourth-order valence-electron chi connectivity index (χ4n) is 2.55. The van der Waals surface area contributed by atoms with Gasteiger partial charge in [0.05, 0.1) is 5.56 Å². The van der Waals surface area contributed by atoms with Crippen molar-refractivity contribution in [3.05, 3.63) is 64.7 Å². The second-order valence-electron chi connectivity index (χ2n) is 5.04. The summed E-state index contributed by atoms with van der Waals surface area (Å²) in [5, 5.41) is 10.2. The normalized spacial score (nSPS) is 18.5. The summed E-state index contributed by atoms with van der Waals surface area (Å²) in [4.78, 5) is 0. The molecule has 2 aromatic rings. The molecule has 0 radical (unpaired) electrons. The minimum atomic E-state index is -1.32. The predicted molar refractivity (Wildman–Crippen MR) is 70.7 cm³/mol. The maximum absolute atomic E-state index is 13.7. The number of halogens is 2. The average molecular weight is 276 g/mol. The van der Waals surface area contributed by atoms with Crippen LogP contribution < -0.4 is 4.74 Å². The van der Waals surface area contributed by atoms with Gasteiger partial charge in [0, 0.05) is 6.42 Å². The van der Waals surface area contributed by atoms with E-state index in [0.29, 0.717) is 5.56 Å². The molecule has 0 saturated heterocycles. The molecule has 2 unspecified atom stereocenters. The standard InChI is InChI=1S/C16H14F2O2/c1-9-7-11-8-10(5-6-14(11)20-9)16(19)15-12(17)3-2-4-13(15)18/h2-6,8-9,16,19H,7H2,1H3. The SMILES string of the molecule is CC1Cc2cc(C(O)c3c(F)cccc3F)ccc2O1. The summed E-state index contributed by atoms with van der Waals surface area (Å²) in [5.41, 5.74) is 1.09. The Labute approximate surface area is 115 Å². The van der Waals surface area contributed by atoms with Crippen LogP contribution in [0.15, 0.2) is 36.4 Å². The number of benzene rings is 2. The zero-order valence-electron chi connectivity index (χ0n) is 10.9. The largest absolute Gasteiger partial charge is 0.490 e. The molecule has 2 nitrogen and oxygen atoms in total. The number of hydrogen-bond donors (Lipinski definition) is 1. The van der Waals surface area contributed by atoms with Crippen molar-refractivity contribution in [2.75, 3.05) is 0 Å². The molecule has 0 bridgehead atoms. The molecule has 2 aromatic carbocycles. The summed E-state index contributed by atoms with van der Waals surface area (Å²) in [6, 6.07) is 8.67. The maximum Gasteiger partial charge on any atom is 0.132 e. The highest BCUT2D eigenvalue weighted by Crippen LogP contribution is 2.33.